The standard InChI is InChI=1S/C42H37ClF3N3O3S/c1-39(2)42(45,46)40(3,33-23-26(11-21-34(33)44)38-47-35-22-16-30(43)24-36(35)53-38)48-37(25-52-39)49-41(27-9-7-6-8-10-27,28-12-17-31(50-4)18-13-28)29-14-19-32(51-5)20-15-29/h6-24H,25H2,1-5H3,(H,48,49). The molecule has 1 atom stereocenters. The average molecular weight is 756 g/mol. The Morgan fingerprint density at radius 2 is 1.40 bits per heavy atom. The maximum absolute atomic E-state index is 17.2. The second kappa shape index (κ2) is 13.8. The smallest absolute Gasteiger partial charge is 0.304 e. The molecule has 0 spiro atoms. The van der Waals surface area contributed by atoms with Crippen molar-refractivity contribution in [3.63, 3.8) is 0 Å². The Balaban J connectivity index is 1.45. The zero-order chi connectivity index (χ0) is 37.6. The fourth-order valence-electron chi connectivity index (χ4n) is 6.95. The quantitative estimate of drug-likeness (QED) is 0.157. The van der Waals surface area contributed by atoms with Crippen molar-refractivity contribution >= 4 is 39.0 Å². The summed E-state index contributed by atoms with van der Waals surface area (Å²) >= 11 is 7.56. The third-order valence-corrected chi connectivity index (χ3v) is 11.3. The minimum atomic E-state index is -3.71. The van der Waals surface area contributed by atoms with E-state index in [1.807, 2.05) is 78.9 Å². The Hall–Kier alpha value is -4.90. The van der Waals surface area contributed by atoms with Crippen molar-refractivity contribution in [1.29, 1.82) is 0 Å². The molecule has 6 aromatic rings. The molecule has 1 aromatic heterocycles. The number of nitrogens with one attached hydrogen (secondary N) is 1. The zero-order valence-corrected chi connectivity index (χ0v) is 31.3. The number of alkyl halides is 2. The SMILES string of the molecule is COc1ccc(C(NC2=NC(C)(c3cc(-c4nc5ccc(Cl)cc5s4)ccc3F)C(F)(F)C(C)(C)OC2)(c2ccccc2)c2ccc(OC)cc2)cc1. The molecule has 272 valence electrons. The Morgan fingerprint density at radius 1 is 0.792 bits per heavy atom. The Labute approximate surface area is 315 Å². The third-order valence-electron chi connectivity index (χ3n) is 9.97. The Kier molecular flexibility index (Phi) is 9.51. The molecule has 0 saturated carbocycles. The molecule has 1 aliphatic heterocycles. The number of nitrogens with zero attached hydrogens (tertiary/aromatic N) is 2. The van der Waals surface area contributed by atoms with Crippen LogP contribution in [0.1, 0.15) is 43.0 Å². The highest BCUT2D eigenvalue weighted by molar-refractivity contribution is 7.21. The highest BCUT2D eigenvalue weighted by Gasteiger charge is 2.64. The van der Waals surface area contributed by atoms with Gasteiger partial charge in [-0.3, -0.25) is 4.99 Å². The van der Waals surface area contributed by atoms with E-state index in [-0.39, 0.29) is 18.0 Å². The predicted molar refractivity (Wildman–Crippen MR) is 205 cm³/mol. The number of halogens is 4. The average Bonchev–Trinajstić information content (AvgIpc) is 3.57. The molecule has 1 aliphatic rings. The zero-order valence-electron chi connectivity index (χ0n) is 29.7. The molecule has 0 radical (unpaired) electrons. The van der Waals surface area contributed by atoms with Crippen molar-refractivity contribution < 1.29 is 27.4 Å². The van der Waals surface area contributed by atoms with Crippen LogP contribution in [-0.2, 0) is 15.8 Å². The number of ether oxygens (including phenoxy) is 3. The highest BCUT2D eigenvalue weighted by atomic mass is 35.5. The molecule has 0 fully saturated rings. The van der Waals surface area contributed by atoms with Crippen LogP contribution >= 0.6 is 22.9 Å². The first-order valence-corrected chi connectivity index (χ1v) is 18.1. The summed E-state index contributed by atoms with van der Waals surface area (Å²) in [4.78, 5) is 9.51. The largest absolute Gasteiger partial charge is 0.497 e. The Bertz CT molecular complexity index is 2250. The summed E-state index contributed by atoms with van der Waals surface area (Å²) in [5.74, 6) is -3.17. The van der Waals surface area contributed by atoms with E-state index >= 15 is 13.2 Å². The lowest BCUT2D eigenvalue weighted by Crippen LogP contribution is -2.56. The molecule has 53 heavy (non-hydrogen) atoms. The van der Waals surface area contributed by atoms with Crippen LogP contribution in [0.15, 0.2) is 120 Å². The number of amidine groups is 1. The first-order chi connectivity index (χ1) is 25.3. The lowest BCUT2D eigenvalue weighted by molar-refractivity contribution is -0.214. The van der Waals surface area contributed by atoms with Gasteiger partial charge in [-0.05, 0) is 98.1 Å². The first kappa shape index (κ1) is 36.5. The van der Waals surface area contributed by atoms with Gasteiger partial charge in [-0.25, -0.2) is 18.2 Å². The monoisotopic (exact) mass is 755 g/mol. The van der Waals surface area contributed by atoms with Crippen LogP contribution in [0.25, 0.3) is 20.8 Å². The molecular weight excluding hydrogens is 719 g/mol. The van der Waals surface area contributed by atoms with E-state index in [1.165, 1.54) is 50.3 Å². The van der Waals surface area contributed by atoms with Crippen molar-refractivity contribution in [2.45, 2.75) is 43.4 Å². The van der Waals surface area contributed by atoms with E-state index in [1.54, 1.807) is 32.4 Å². The van der Waals surface area contributed by atoms with E-state index in [2.05, 4.69) is 5.32 Å². The molecule has 0 aliphatic carbocycles. The van der Waals surface area contributed by atoms with Gasteiger partial charge in [0.2, 0.25) is 0 Å². The minimum Gasteiger partial charge on any atom is -0.497 e. The van der Waals surface area contributed by atoms with Gasteiger partial charge in [-0.15, -0.1) is 11.3 Å². The summed E-state index contributed by atoms with van der Waals surface area (Å²) in [6.07, 6.45) is 0. The van der Waals surface area contributed by atoms with Crippen molar-refractivity contribution in [3.05, 3.63) is 148 Å². The van der Waals surface area contributed by atoms with Gasteiger partial charge >= 0.3 is 5.92 Å². The number of fused-ring (bicyclic) bond motifs is 1. The van der Waals surface area contributed by atoms with Gasteiger partial charge in [0.25, 0.3) is 0 Å². The fourth-order valence-corrected chi connectivity index (χ4v) is 8.19. The van der Waals surface area contributed by atoms with E-state index < -0.39 is 28.4 Å². The summed E-state index contributed by atoms with van der Waals surface area (Å²) in [6.45, 7) is 3.55. The third kappa shape index (κ3) is 6.32. The predicted octanol–water partition coefficient (Wildman–Crippen LogP) is 10.4. The Morgan fingerprint density at radius 3 is 2.00 bits per heavy atom. The second-order valence-corrected chi connectivity index (χ2v) is 15.0. The molecule has 2 heterocycles. The number of methoxy groups -OCH3 is 2. The van der Waals surface area contributed by atoms with Crippen LogP contribution < -0.4 is 14.8 Å². The minimum absolute atomic E-state index is 0.0904. The number of thiazole rings is 1. The van der Waals surface area contributed by atoms with Crippen LogP contribution in [0.3, 0.4) is 0 Å². The van der Waals surface area contributed by atoms with Gasteiger partial charge in [0.15, 0.2) is 5.54 Å². The molecule has 1 N–H and O–H groups in total. The van der Waals surface area contributed by atoms with Gasteiger partial charge in [0, 0.05) is 16.1 Å². The number of benzene rings is 5. The molecule has 5 aromatic carbocycles. The molecule has 6 nitrogen and oxygen atoms in total. The highest BCUT2D eigenvalue weighted by Crippen LogP contribution is 2.52. The lowest BCUT2D eigenvalue weighted by atomic mass is 9.76. The number of aliphatic imine (C=N–C) groups is 1. The van der Waals surface area contributed by atoms with Crippen LogP contribution in [0, 0.1) is 5.82 Å². The van der Waals surface area contributed by atoms with Crippen molar-refractivity contribution in [3.8, 4) is 22.1 Å². The number of hydrogen-bond acceptors (Lipinski definition) is 7. The fraction of sp³-hybridized carbons (Fsp3) is 0.238. The molecule has 0 saturated heterocycles. The van der Waals surface area contributed by atoms with Gasteiger partial charge < -0.3 is 19.5 Å². The molecular formula is C42H37ClF3N3O3S. The maximum Gasteiger partial charge on any atom is 0.304 e. The van der Waals surface area contributed by atoms with E-state index in [9.17, 15) is 0 Å². The molecule has 1 unspecified atom stereocenters. The van der Waals surface area contributed by atoms with E-state index in [4.69, 9.17) is 35.8 Å². The normalized spacial score (nSPS) is 18.2. The van der Waals surface area contributed by atoms with E-state index in [0.29, 0.717) is 32.6 Å². The summed E-state index contributed by atoms with van der Waals surface area (Å²) in [6, 6.07) is 34.0. The van der Waals surface area contributed by atoms with Gasteiger partial charge in [-0.1, -0.05) is 66.2 Å². The van der Waals surface area contributed by atoms with Crippen LogP contribution in [0.5, 0.6) is 11.5 Å². The van der Waals surface area contributed by atoms with E-state index in [0.717, 1.165) is 21.4 Å². The number of aromatic nitrogens is 1. The summed E-state index contributed by atoms with van der Waals surface area (Å²) < 4.78 is 68.3. The first-order valence-electron chi connectivity index (χ1n) is 16.9. The summed E-state index contributed by atoms with van der Waals surface area (Å²) in [5.41, 5.74) is -2.53. The molecule has 11 heteroatoms. The van der Waals surface area contributed by atoms with Crippen LogP contribution in [0.4, 0.5) is 13.2 Å². The lowest BCUT2D eigenvalue weighted by Gasteiger charge is -2.42. The topological polar surface area (TPSA) is 65.0 Å². The van der Waals surface area contributed by atoms with Gasteiger partial charge in [-0.2, -0.15) is 0 Å². The van der Waals surface area contributed by atoms with Gasteiger partial charge in [0.05, 0.1) is 24.4 Å². The second-order valence-electron chi connectivity index (χ2n) is 13.5. The molecule has 0 bridgehead atoms. The molecule has 7 rings (SSSR count). The van der Waals surface area contributed by atoms with Gasteiger partial charge in [0.1, 0.15) is 45.9 Å². The van der Waals surface area contributed by atoms with Crippen molar-refractivity contribution in [2.24, 2.45) is 4.99 Å². The number of hydrogen-bond donors (Lipinski definition) is 1. The van der Waals surface area contributed by atoms with Crippen molar-refractivity contribution in [1.82, 2.24) is 10.3 Å². The maximum atomic E-state index is 17.2. The summed E-state index contributed by atoms with van der Waals surface area (Å²) in [7, 11) is 3.17. The summed E-state index contributed by atoms with van der Waals surface area (Å²) in [5, 5.41) is 4.67. The number of rotatable bonds is 8. The van der Waals surface area contributed by atoms with Crippen LogP contribution in [-0.4, -0.2) is 43.2 Å². The molecule has 0 amide bonds. The van der Waals surface area contributed by atoms with Crippen molar-refractivity contribution in [2.75, 3.05) is 20.8 Å². The van der Waals surface area contributed by atoms with Crippen LogP contribution in [0.2, 0.25) is 5.02 Å².